The van der Waals surface area contributed by atoms with Crippen LogP contribution in [0.2, 0.25) is 0 Å². The Morgan fingerprint density at radius 2 is 1.96 bits per heavy atom. The molecule has 27 heavy (non-hydrogen) atoms. The topological polar surface area (TPSA) is 72.3 Å². The molecule has 0 bridgehead atoms. The highest BCUT2D eigenvalue weighted by atomic mass is 19.1. The molecule has 136 valence electrons. The number of anilines is 1. The lowest BCUT2D eigenvalue weighted by molar-refractivity contribution is 0.284. The molecule has 2 aromatic carbocycles. The zero-order valence-electron chi connectivity index (χ0n) is 14.4. The largest absolute Gasteiger partial charge is 0.368 e. The summed E-state index contributed by atoms with van der Waals surface area (Å²) in [7, 11) is 0. The number of aromatic nitrogens is 4. The lowest BCUT2D eigenvalue weighted by Gasteiger charge is -2.12. The maximum atomic E-state index is 13.9. The van der Waals surface area contributed by atoms with Gasteiger partial charge >= 0.3 is 0 Å². The normalized spacial score (nSPS) is 14.3. The van der Waals surface area contributed by atoms with Crippen LogP contribution in [-0.2, 0) is 19.5 Å². The summed E-state index contributed by atoms with van der Waals surface area (Å²) in [6.45, 7) is 2.00. The first-order valence-corrected chi connectivity index (χ1v) is 8.67. The molecule has 0 saturated heterocycles. The number of fused-ring (bicyclic) bond motifs is 4. The van der Waals surface area contributed by atoms with Gasteiger partial charge in [-0.25, -0.2) is 18.7 Å². The molecular formula is C19H16F2N6. The van der Waals surface area contributed by atoms with Crippen molar-refractivity contribution in [3.05, 3.63) is 65.0 Å². The maximum absolute atomic E-state index is 13.9. The molecule has 5 rings (SSSR count). The molecule has 0 atom stereocenters. The van der Waals surface area contributed by atoms with Crippen molar-refractivity contribution in [3.8, 4) is 0 Å². The first-order valence-electron chi connectivity index (χ1n) is 8.67. The quantitative estimate of drug-likeness (QED) is 0.604. The van der Waals surface area contributed by atoms with Gasteiger partial charge < -0.3 is 5.73 Å². The van der Waals surface area contributed by atoms with Gasteiger partial charge in [0.1, 0.15) is 11.6 Å². The van der Waals surface area contributed by atoms with E-state index in [0.717, 1.165) is 11.1 Å². The van der Waals surface area contributed by atoms with E-state index in [1.54, 1.807) is 12.1 Å². The summed E-state index contributed by atoms with van der Waals surface area (Å²) in [4.78, 5) is 10.9. The molecule has 1 aliphatic rings. The second-order valence-electron chi connectivity index (χ2n) is 6.73. The number of nitrogen functional groups attached to an aromatic ring is 1. The van der Waals surface area contributed by atoms with E-state index in [1.807, 2.05) is 6.07 Å². The molecule has 0 amide bonds. The van der Waals surface area contributed by atoms with Crippen LogP contribution in [0.5, 0.6) is 0 Å². The second kappa shape index (κ2) is 5.95. The minimum Gasteiger partial charge on any atom is -0.368 e. The van der Waals surface area contributed by atoms with Crippen LogP contribution in [-0.4, -0.2) is 31.0 Å². The molecule has 0 fully saturated rings. The highest BCUT2D eigenvalue weighted by Gasteiger charge is 2.22. The van der Waals surface area contributed by atoms with Crippen molar-refractivity contribution in [2.24, 2.45) is 0 Å². The average molecular weight is 366 g/mol. The summed E-state index contributed by atoms with van der Waals surface area (Å²) in [6.07, 6.45) is 0.597. The Morgan fingerprint density at radius 1 is 1.07 bits per heavy atom. The Labute approximate surface area is 153 Å². The second-order valence-corrected chi connectivity index (χ2v) is 6.73. The molecule has 6 nitrogen and oxygen atoms in total. The Bertz CT molecular complexity index is 1190. The van der Waals surface area contributed by atoms with Crippen LogP contribution in [0, 0.1) is 11.6 Å². The van der Waals surface area contributed by atoms with Gasteiger partial charge in [0.05, 0.1) is 5.52 Å². The third-order valence-electron chi connectivity index (χ3n) is 4.95. The van der Waals surface area contributed by atoms with Crippen molar-refractivity contribution in [1.82, 2.24) is 24.5 Å². The molecule has 0 spiro atoms. The summed E-state index contributed by atoms with van der Waals surface area (Å²) in [5.74, 6) is 0.256. The number of hydrogen-bond acceptors (Lipinski definition) is 5. The van der Waals surface area contributed by atoms with Gasteiger partial charge in [-0.05, 0) is 23.8 Å². The van der Waals surface area contributed by atoms with Gasteiger partial charge in [-0.3, -0.25) is 4.90 Å². The van der Waals surface area contributed by atoms with E-state index >= 15 is 0 Å². The van der Waals surface area contributed by atoms with Crippen molar-refractivity contribution in [2.75, 3.05) is 12.3 Å². The fourth-order valence-electron chi connectivity index (χ4n) is 3.62. The summed E-state index contributed by atoms with van der Waals surface area (Å²) in [5, 5.41) is 5.13. The van der Waals surface area contributed by atoms with Crippen molar-refractivity contribution in [1.29, 1.82) is 0 Å². The van der Waals surface area contributed by atoms with Crippen LogP contribution >= 0.6 is 0 Å². The molecule has 0 aliphatic carbocycles. The molecular weight excluding hydrogens is 350 g/mol. The Hall–Kier alpha value is -3.13. The Morgan fingerprint density at radius 3 is 2.81 bits per heavy atom. The molecule has 2 N–H and O–H groups in total. The van der Waals surface area contributed by atoms with Crippen LogP contribution in [0.1, 0.15) is 17.0 Å². The monoisotopic (exact) mass is 366 g/mol. The zero-order valence-corrected chi connectivity index (χ0v) is 14.4. The van der Waals surface area contributed by atoms with Gasteiger partial charge in [-0.15, -0.1) is 5.10 Å². The number of rotatable bonds is 3. The molecule has 8 heteroatoms. The van der Waals surface area contributed by atoms with Gasteiger partial charge in [-0.2, -0.15) is 4.52 Å². The lowest BCUT2D eigenvalue weighted by atomic mass is 10.1. The zero-order chi connectivity index (χ0) is 18.5. The smallest absolute Gasteiger partial charge is 0.223 e. The van der Waals surface area contributed by atoms with Crippen molar-refractivity contribution in [2.45, 2.75) is 19.5 Å². The van der Waals surface area contributed by atoms with Gasteiger partial charge in [0, 0.05) is 43.1 Å². The van der Waals surface area contributed by atoms with Crippen molar-refractivity contribution in [3.63, 3.8) is 0 Å². The summed E-state index contributed by atoms with van der Waals surface area (Å²) >= 11 is 0. The predicted molar refractivity (Wildman–Crippen MR) is 96.9 cm³/mol. The molecule has 2 aromatic heterocycles. The SMILES string of the molecule is Nc1nc2cc(F)ccc2c2nc(CCN3Cc4cccc(F)c4C3)nn12. The van der Waals surface area contributed by atoms with E-state index < -0.39 is 0 Å². The van der Waals surface area contributed by atoms with E-state index in [0.29, 0.717) is 48.4 Å². The molecule has 4 aromatic rings. The minimum absolute atomic E-state index is 0.154. The molecule has 0 saturated carbocycles. The minimum atomic E-state index is -0.376. The number of halogens is 2. The number of nitrogens with zero attached hydrogens (tertiary/aromatic N) is 5. The summed E-state index contributed by atoms with van der Waals surface area (Å²) in [6, 6.07) is 9.52. The first-order chi connectivity index (χ1) is 13.1. The third kappa shape index (κ3) is 2.69. The Balaban J connectivity index is 1.41. The predicted octanol–water partition coefficient (Wildman–Crippen LogP) is 2.70. The van der Waals surface area contributed by atoms with Crippen LogP contribution in [0.25, 0.3) is 16.6 Å². The van der Waals surface area contributed by atoms with Gasteiger partial charge in [0.25, 0.3) is 0 Å². The third-order valence-corrected chi connectivity index (χ3v) is 4.95. The average Bonchev–Trinajstić information content (AvgIpc) is 3.25. The number of benzene rings is 2. The Kier molecular flexibility index (Phi) is 3.54. The fourth-order valence-corrected chi connectivity index (χ4v) is 3.62. The van der Waals surface area contributed by atoms with Gasteiger partial charge in [0.2, 0.25) is 5.95 Å². The highest BCUT2D eigenvalue weighted by molar-refractivity contribution is 5.92. The van der Waals surface area contributed by atoms with Crippen molar-refractivity contribution >= 4 is 22.5 Å². The molecule has 0 radical (unpaired) electrons. The van der Waals surface area contributed by atoms with Crippen LogP contribution in [0.15, 0.2) is 36.4 Å². The summed E-state index contributed by atoms with van der Waals surface area (Å²) < 4.78 is 28.8. The standard InChI is InChI=1S/C19H16F2N6/c20-12-4-5-13-16(8-12)23-19(22)27-18(13)24-17(25-27)6-7-26-9-11-2-1-3-15(21)14(11)10-26/h1-5,8H,6-7,9-10H2,(H2,22,23). The number of nitrogens with two attached hydrogens (primary N) is 1. The van der Waals surface area contributed by atoms with E-state index in [2.05, 4.69) is 20.0 Å². The van der Waals surface area contributed by atoms with Crippen molar-refractivity contribution < 1.29 is 8.78 Å². The van der Waals surface area contributed by atoms with Crippen LogP contribution in [0.4, 0.5) is 14.7 Å². The van der Waals surface area contributed by atoms with Crippen LogP contribution < -0.4 is 5.73 Å². The van der Waals surface area contributed by atoms with Crippen LogP contribution in [0.3, 0.4) is 0 Å². The first kappa shape index (κ1) is 16.1. The highest BCUT2D eigenvalue weighted by Crippen LogP contribution is 2.25. The lowest BCUT2D eigenvalue weighted by Crippen LogP contribution is -2.20. The fraction of sp³-hybridized carbons (Fsp3) is 0.211. The van der Waals surface area contributed by atoms with Gasteiger partial charge in [0.15, 0.2) is 11.5 Å². The van der Waals surface area contributed by atoms with E-state index in [4.69, 9.17) is 5.73 Å². The van der Waals surface area contributed by atoms with Gasteiger partial charge in [-0.1, -0.05) is 12.1 Å². The molecule has 1 aliphatic heterocycles. The van der Waals surface area contributed by atoms with E-state index in [9.17, 15) is 8.78 Å². The molecule has 3 heterocycles. The summed E-state index contributed by atoms with van der Waals surface area (Å²) in [5.41, 5.74) is 8.75. The van der Waals surface area contributed by atoms with E-state index in [1.165, 1.54) is 22.7 Å². The van der Waals surface area contributed by atoms with E-state index in [-0.39, 0.29) is 17.6 Å². The number of hydrogen-bond donors (Lipinski definition) is 1. The molecule has 0 unspecified atom stereocenters. The maximum Gasteiger partial charge on any atom is 0.223 e.